The third kappa shape index (κ3) is 1.99. The molecule has 3 nitrogen and oxygen atoms in total. The van der Waals surface area contributed by atoms with Crippen LogP contribution in [0.4, 0.5) is 0 Å². The zero-order valence-electron chi connectivity index (χ0n) is 10.4. The molecule has 3 heteroatoms. The molecule has 0 aliphatic rings. The predicted molar refractivity (Wildman–Crippen MR) is 73.3 cm³/mol. The highest BCUT2D eigenvalue weighted by atomic mass is 16.4. The lowest BCUT2D eigenvalue weighted by Crippen LogP contribution is -1.95. The van der Waals surface area contributed by atoms with Gasteiger partial charge in [0.1, 0.15) is 5.58 Å². The second-order valence-electron chi connectivity index (χ2n) is 4.53. The van der Waals surface area contributed by atoms with Crippen molar-refractivity contribution in [2.75, 3.05) is 0 Å². The molecule has 0 spiro atoms. The van der Waals surface area contributed by atoms with E-state index in [0.29, 0.717) is 0 Å². The molecule has 1 N–H and O–H groups in total. The summed E-state index contributed by atoms with van der Waals surface area (Å²) in [6.07, 6.45) is 1.67. The van der Waals surface area contributed by atoms with Gasteiger partial charge in [0.25, 0.3) is 0 Å². The van der Waals surface area contributed by atoms with Crippen LogP contribution in [-0.2, 0) is 0 Å². The van der Waals surface area contributed by atoms with E-state index >= 15 is 0 Å². The summed E-state index contributed by atoms with van der Waals surface area (Å²) in [4.78, 5) is 11.0. The number of hydrogen-bond acceptors (Lipinski definition) is 2. The minimum absolute atomic E-state index is 0.277. The van der Waals surface area contributed by atoms with Crippen LogP contribution >= 0.6 is 0 Å². The lowest BCUT2D eigenvalue weighted by molar-refractivity contribution is 0.0697. The molecule has 0 amide bonds. The minimum Gasteiger partial charge on any atom is -0.478 e. The maximum atomic E-state index is 11.0. The quantitative estimate of drug-likeness (QED) is 0.746. The number of fused-ring (bicyclic) bond motifs is 1. The topological polar surface area (TPSA) is 50.4 Å². The minimum atomic E-state index is -0.925. The number of rotatable bonds is 2. The van der Waals surface area contributed by atoms with E-state index in [1.807, 2.05) is 31.2 Å². The number of aryl methyl sites for hydroxylation is 1. The third-order valence-electron chi connectivity index (χ3n) is 3.15. The Morgan fingerprint density at radius 3 is 2.79 bits per heavy atom. The first kappa shape index (κ1) is 11.5. The van der Waals surface area contributed by atoms with Crippen molar-refractivity contribution >= 4 is 16.9 Å². The molecular weight excluding hydrogens is 240 g/mol. The normalized spacial score (nSPS) is 10.8. The fourth-order valence-corrected chi connectivity index (χ4v) is 2.18. The average Bonchev–Trinajstić information content (AvgIpc) is 2.81. The van der Waals surface area contributed by atoms with E-state index in [1.165, 1.54) is 0 Å². The Kier molecular flexibility index (Phi) is 2.60. The number of benzene rings is 2. The van der Waals surface area contributed by atoms with E-state index in [0.717, 1.165) is 27.7 Å². The monoisotopic (exact) mass is 252 g/mol. The first-order valence-electron chi connectivity index (χ1n) is 5.97. The van der Waals surface area contributed by atoms with Gasteiger partial charge in [-0.15, -0.1) is 0 Å². The van der Waals surface area contributed by atoms with E-state index in [1.54, 1.807) is 24.5 Å². The van der Waals surface area contributed by atoms with Gasteiger partial charge in [0, 0.05) is 10.9 Å². The van der Waals surface area contributed by atoms with Crippen molar-refractivity contribution in [1.82, 2.24) is 0 Å². The second kappa shape index (κ2) is 4.28. The van der Waals surface area contributed by atoms with Crippen LogP contribution in [0.15, 0.2) is 53.1 Å². The van der Waals surface area contributed by atoms with E-state index in [-0.39, 0.29) is 5.56 Å². The molecule has 2 aromatic carbocycles. The highest BCUT2D eigenvalue weighted by molar-refractivity contribution is 5.96. The smallest absolute Gasteiger partial charge is 0.335 e. The van der Waals surface area contributed by atoms with E-state index in [9.17, 15) is 4.79 Å². The fourth-order valence-electron chi connectivity index (χ4n) is 2.18. The number of carboxylic acids is 1. The van der Waals surface area contributed by atoms with Gasteiger partial charge in [-0.05, 0) is 36.2 Å². The molecule has 0 aliphatic heterocycles. The number of carboxylic acid groups (broad SMARTS) is 1. The van der Waals surface area contributed by atoms with Crippen molar-refractivity contribution in [3.63, 3.8) is 0 Å². The highest BCUT2D eigenvalue weighted by Gasteiger charge is 2.10. The summed E-state index contributed by atoms with van der Waals surface area (Å²) in [5, 5.41) is 10.0. The number of furan rings is 1. The van der Waals surface area contributed by atoms with Crippen LogP contribution < -0.4 is 0 Å². The summed E-state index contributed by atoms with van der Waals surface area (Å²) < 4.78 is 5.54. The fraction of sp³-hybridized carbons (Fsp3) is 0.0625. The molecule has 0 saturated carbocycles. The van der Waals surface area contributed by atoms with Gasteiger partial charge in [-0.2, -0.15) is 0 Å². The lowest BCUT2D eigenvalue weighted by atomic mass is 10.0. The van der Waals surface area contributed by atoms with Crippen molar-refractivity contribution in [1.29, 1.82) is 0 Å². The average molecular weight is 252 g/mol. The van der Waals surface area contributed by atoms with Crippen LogP contribution in [0.2, 0.25) is 0 Å². The zero-order valence-corrected chi connectivity index (χ0v) is 10.4. The number of hydrogen-bond donors (Lipinski definition) is 1. The Morgan fingerprint density at radius 2 is 2.00 bits per heavy atom. The molecule has 94 valence electrons. The Bertz CT molecular complexity index is 769. The molecule has 0 unspecified atom stereocenters. The molecule has 3 aromatic rings. The maximum Gasteiger partial charge on any atom is 0.335 e. The molecule has 3 rings (SSSR count). The molecular formula is C16H12O3. The largest absolute Gasteiger partial charge is 0.478 e. The molecule has 1 heterocycles. The zero-order chi connectivity index (χ0) is 13.4. The lowest BCUT2D eigenvalue weighted by Gasteiger charge is -2.01. The van der Waals surface area contributed by atoms with Crippen LogP contribution in [0.25, 0.3) is 22.1 Å². The molecule has 0 radical (unpaired) electrons. The summed E-state index contributed by atoms with van der Waals surface area (Å²) >= 11 is 0. The van der Waals surface area contributed by atoms with Gasteiger partial charge in [-0.3, -0.25) is 0 Å². The van der Waals surface area contributed by atoms with Gasteiger partial charge in [-0.25, -0.2) is 4.79 Å². The van der Waals surface area contributed by atoms with Gasteiger partial charge in [0.05, 0.1) is 11.8 Å². The molecule has 19 heavy (non-hydrogen) atoms. The van der Waals surface area contributed by atoms with Gasteiger partial charge >= 0.3 is 5.97 Å². The number of carbonyl (C=O) groups is 1. The Hall–Kier alpha value is -2.55. The summed E-state index contributed by atoms with van der Waals surface area (Å²) in [7, 11) is 0. The Balaban J connectivity index is 2.19. The van der Waals surface area contributed by atoms with Crippen LogP contribution in [0.5, 0.6) is 0 Å². The molecule has 0 saturated heterocycles. The van der Waals surface area contributed by atoms with Gasteiger partial charge in [-0.1, -0.05) is 24.3 Å². The van der Waals surface area contributed by atoms with Gasteiger partial charge in [0.2, 0.25) is 0 Å². The maximum absolute atomic E-state index is 11.0. The Morgan fingerprint density at radius 1 is 1.16 bits per heavy atom. The summed E-state index contributed by atoms with van der Waals surface area (Å²) in [5.41, 5.74) is 3.99. The van der Waals surface area contributed by atoms with E-state index < -0.39 is 5.97 Å². The standard InChI is InChI=1S/C16H12O3/c1-10-5-6-13-14(9-19-15(13)7-10)11-3-2-4-12(8-11)16(17)18/h2-9H,1H3,(H,17,18). The first-order chi connectivity index (χ1) is 9.15. The van der Waals surface area contributed by atoms with Crippen LogP contribution in [0, 0.1) is 6.92 Å². The van der Waals surface area contributed by atoms with Gasteiger partial charge < -0.3 is 9.52 Å². The molecule has 1 aromatic heterocycles. The molecule has 0 bridgehead atoms. The Labute approximate surface area is 110 Å². The number of aromatic carboxylic acids is 1. The summed E-state index contributed by atoms with van der Waals surface area (Å²) in [6, 6.07) is 12.9. The molecule has 0 atom stereocenters. The third-order valence-corrected chi connectivity index (χ3v) is 3.15. The molecule has 0 aliphatic carbocycles. The first-order valence-corrected chi connectivity index (χ1v) is 5.97. The van der Waals surface area contributed by atoms with E-state index in [2.05, 4.69) is 0 Å². The van der Waals surface area contributed by atoms with Crippen LogP contribution in [0.3, 0.4) is 0 Å². The predicted octanol–water partition coefficient (Wildman–Crippen LogP) is 4.11. The summed E-state index contributed by atoms with van der Waals surface area (Å²) in [6.45, 7) is 2.01. The second-order valence-corrected chi connectivity index (χ2v) is 4.53. The van der Waals surface area contributed by atoms with Crippen molar-refractivity contribution in [3.8, 4) is 11.1 Å². The van der Waals surface area contributed by atoms with Crippen molar-refractivity contribution < 1.29 is 14.3 Å². The van der Waals surface area contributed by atoms with Crippen LogP contribution in [0.1, 0.15) is 15.9 Å². The van der Waals surface area contributed by atoms with Crippen molar-refractivity contribution in [2.24, 2.45) is 0 Å². The SMILES string of the molecule is Cc1ccc2c(-c3cccc(C(=O)O)c3)coc2c1. The van der Waals surface area contributed by atoms with Crippen LogP contribution in [-0.4, -0.2) is 11.1 Å². The van der Waals surface area contributed by atoms with Crippen molar-refractivity contribution in [2.45, 2.75) is 6.92 Å². The highest BCUT2D eigenvalue weighted by Crippen LogP contribution is 2.31. The van der Waals surface area contributed by atoms with Crippen molar-refractivity contribution in [3.05, 3.63) is 59.9 Å². The van der Waals surface area contributed by atoms with Gasteiger partial charge in [0.15, 0.2) is 0 Å². The molecule has 0 fully saturated rings. The summed E-state index contributed by atoms with van der Waals surface area (Å²) in [5.74, 6) is -0.925. The van der Waals surface area contributed by atoms with E-state index in [4.69, 9.17) is 9.52 Å².